The SMILES string of the molecule is CCOC(=O)c1c(/N=C/c2c(O)n(-c3nccs3)c(=O)c3ccccc23)sc2c1CCC(C)C2. The zero-order valence-corrected chi connectivity index (χ0v) is 20.4. The number of hydrogen-bond acceptors (Lipinski definition) is 8. The quantitative estimate of drug-likeness (QED) is 0.302. The lowest BCUT2D eigenvalue weighted by atomic mass is 9.88. The van der Waals surface area contributed by atoms with Crippen LogP contribution < -0.4 is 5.56 Å². The van der Waals surface area contributed by atoms with Crippen LogP contribution in [0, 0.1) is 5.92 Å². The van der Waals surface area contributed by atoms with Crippen LogP contribution in [0.2, 0.25) is 0 Å². The number of aromatic nitrogens is 2. The number of pyridine rings is 1. The monoisotopic (exact) mass is 493 g/mol. The van der Waals surface area contributed by atoms with Crippen molar-refractivity contribution in [1.29, 1.82) is 0 Å². The van der Waals surface area contributed by atoms with Gasteiger partial charge in [0.2, 0.25) is 5.88 Å². The van der Waals surface area contributed by atoms with E-state index < -0.39 is 0 Å². The number of thiophene rings is 1. The van der Waals surface area contributed by atoms with E-state index in [0.717, 1.165) is 29.7 Å². The first-order valence-electron chi connectivity index (χ1n) is 11.1. The largest absolute Gasteiger partial charge is 0.494 e. The molecule has 0 spiro atoms. The molecule has 1 N–H and O–H groups in total. The minimum absolute atomic E-state index is 0.241. The molecule has 0 radical (unpaired) electrons. The molecule has 34 heavy (non-hydrogen) atoms. The molecule has 7 nitrogen and oxygen atoms in total. The maximum absolute atomic E-state index is 13.1. The number of ether oxygens (including phenoxy) is 1. The van der Waals surface area contributed by atoms with Gasteiger partial charge in [0.15, 0.2) is 5.13 Å². The molecule has 3 heterocycles. The van der Waals surface area contributed by atoms with Gasteiger partial charge in [-0.15, -0.1) is 22.7 Å². The van der Waals surface area contributed by atoms with Crippen molar-refractivity contribution in [1.82, 2.24) is 9.55 Å². The third kappa shape index (κ3) is 3.84. The molecule has 1 aromatic carbocycles. The first-order chi connectivity index (χ1) is 16.5. The van der Waals surface area contributed by atoms with Gasteiger partial charge in [-0.05, 0) is 43.7 Å². The highest BCUT2D eigenvalue weighted by Gasteiger charge is 2.28. The zero-order chi connectivity index (χ0) is 23.8. The Labute approximate surface area is 204 Å². The van der Waals surface area contributed by atoms with Gasteiger partial charge in [0.05, 0.1) is 17.7 Å². The second-order valence-corrected chi connectivity index (χ2v) is 10.2. The van der Waals surface area contributed by atoms with Crippen LogP contribution in [-0.2, 0) is 17.6 Å². The van der Waals surface area contributed by atoms with Gasteiger partial charge in [0, 0.05) is 33.4 Å². The Kier molecular flexibility index (Phi) is 6.05. The third-order valence-electron chi connectivity index (χ3n) is 6.00. The minimum Gasteiger partial charge on any atom is -0.494 e. The summed E-state index contributed by atoms with van der Waals surface area (Å²) in [7, 11) is 0. The topological polar surface area (TPSA) is 93.8 Å². The van der Waals surface area contributed by atoms with Crippen LogP contribution in [0.1, 0.15) is 46.6 Å². The van der Waals surface area contributed by atoms with Crippen molar-refractivity contribution in [2.75, 3.05) is 6.61 Å². The summed E-state index contributed by atoms with van der Waals surface area (Å²) in [5, 5.41) is 14.8. The summed E-state index contributed by atoms with van der Waals surface area (Å²) in [4.78, 5) is 36.0. The van der Waals surface area contributed by atoms with E-state index in [0.29, 0.717) is 37.9 Å². The van der Waals surface area contributed by atoms with Gasteiger partial charge >= 0.3 is 5.97 Å². The molecule has 1 atom stereocenters. The van der Waals surface area contributed by atoms with Gasteiger partial charge < -0.3 is 9.84 Å². The van der Waals surface area contributed by atoms with Crippen LogP contribution in [-0.4, -0.2) is 33.4 Å². The van der Waals surface area contributed by atoms with E-state index in [2.05, 4.69) is 16.9 Å². The van der Waals surface area contributed by atoms with E-state index in [1.54, 1.807) is 36.7 Å². The van der Waals surface area contributed by atoms with E-state index in [1.807, 2.05) is 6.07 Å². The molecule has 0 saturated carbocycles. The fourth-order valence-corrected chi connectivity index (χ4v) is 6.34. The Balaban J connectivity index is 1.69. The van der Waals surface area contributed by atoms with Crippen LogP contribution in [0.4, 0.5) is 5.00 Å². The van der Waals surface area contributed by atoms with Crippen LogP contribution in [0.15, 0.2) is 45.6 Å². The Hall–Kier alpha value is -3.30. The zero-order valence-electron chi connectivity index (χ0n) is 18.8. The van der Waals surface area contributed by atoms with Crippen molar-refractivity contribution in [2.24, 2.45) is 10.9 Å². The highest BCUT2D eigenvalue weighted by atomic mass is 32.1. The van der Waals surface area contributed by atoms with Gasteiger partial charge in [0.25, 0.3) is 5.56 Å². The number of thiazole rings is 1. The van der Waals surface area contributed by atoms with Crippen LogP contribution >= 0.6 is 22.7 Å². The van der Waals surface area contributed by atoms with E-state index in [1.165, 1.54) is 33.5 Å². The maximum Gasteiger partial charge on any atom is 0.341 e. The molecule has 0 bridgehead atoms. The van der Waals surface area contributed by atoms with Crippen LogP contribution in [0.5, 0.6) is 5.88 Å². The number of fused-ring (bicyclic) bond motifs is 2. The van der Waals surface area contributed by atoms with Crippen molar-refractivity contribution in [2.45, 2.75) is 33.1 Å². The maximum atomic E-state index is 13.1. The predicted octanol–water partition coefficient (Wildman–Crippen LogP) is 5.27. The predicted molar refractivity (Wildman–Crippen MR) is 136 cm³/mol. The summed E-state index contributed by atoms with van der Waals surface area (Å²) in [6.07, 6.45) is 5.86. The number of rotatable bonds is 5. The lowest BCUT2D eigenvalue weighted by Crippen LogP contribution is -2.19. The summed E-state index contributed by atoms with van der Waals surface area (Å²) in [5.74, 6) is -0.0635. The molecule has 0 aliphatic heterocycles. The van der Waals surface area contributed by atoms with Gasteiger partial charge in [0.1, 0.15) is 5.00 Å². The number of esters is 1. The first kappa shape index (κ1) is 22.5. The smallest absolute Gasteiger partial charge is 0.341 e. The molecule has 0 amide bonds. The second-order valence-electron chi connectivity index (χ2n) is 8.25. The summed E-state index contributed by atoms with van der Waals surface area (Å²) >= 11 is 2.75. The Morgan fingerprint density at radius 1 is 1.35 bits per heavy atom. The highest BCUT2D eigenvalue weighted by molar-refractivity contribution is 7.16. The van der Waals surface area contributed by atoms with Crippen molar-refractivity contribution >= 4 is 50.6 Å². The number of aliphatic imine (C=N–C) groups is 1. The molecular formula is C25H23N3O4S2. The average molecular weight is 494 g/mol. The summed E-state index contributed by atoms with van der Waals surface area (Å²) in [6, 6.07) is 7.08. The van der Waals surface area contributed by atoms with Gasteiger partial charge in [-0.3, -0.25) is 4.79 Å². The number of hydrogen-bond donors (Lipinski definition) is 1. The molecular weight excluding hydrogens is 470 g/mol. The highest BCUT2D eigenvalue weighted by Crippen LogP contribution is 2.42. The number of carbonyl (C=O) groups is 1. The second kappa shape index (κ2) is 9.15. The lowest BCUT2D eigenvalue weighted by molar-refractivity contribution is 0.0526. The molecule has 9 heteroatoms. The van der Waals surface area contributed by atoms with Gasteiger partial charge in [-0.25, -0.2) is 19.3 Å². The summed E-state index contributed by atoms with van der Waals surface area (Å²) in [6.45, 7) is 4.28. The third-order valence-corrected chi connectivity index (χ3v) is 7.92. The molecule has 3 aromatic heterocycles. The molecule has 1 aliphatic rings. The van der Waals surface area contributed by atoms with E-state index in [4.69, 9.17) is 4.74 Å². The van der Waals surface area contributed by atoms with Crippen LogP contribution in [0.25, 0.3) is 15.9 Å². The van der Waals surface area contributed by atoms with Crippen molar-refractivity contribution in [3.8, 4) is 11.0 Å². The number of carbonyl (C=O) groups excluding carboxylic acids is 1. The summed E-state index contributed by atoms with van der Waals surface area (Å²) < 4.78 is 6.54. The molecule has 5 rings (SSSR count). The van der Waals surface area contributed by atoms with E-state index in [-0.39, 0.29) is 24.0 Å². The lowest BCUT2D eigenvalue weighted by Gasteiger charge is -2.18. The number of nitrogens with zero attached hydrogens (tertiary/aromatic N) is 3. The molecule has 4 aromatic rings. The van der Waals surface area contributed by atoms with Gasteiger partial charge in [-0.1, -0.05) is 25.1 Å². The average Bonchev–Trinajstić information content (AvgIpc) is 3.47. The van der Waals surface area contributed by atoms with Gasteiger partial charge in [-0.2, -0.15) is 0 Å². The molecule has 0 fully saturated rings. The van der Waals surface area contributed by atoms with E-state index in [9.17, 15) is 14.7 Å². The number of aromatic hydroxyl groups is 1. The Bertz CT molecular complexity index is 1470. The normalized spacial score (nSPS) is 15.6. The molecule has 0 saturated heterocycles. The first-order valence-corrected chi connectivity index (χ1v) is 12.8. The Morgan fingerprint density at radius 2 is 2.15 bits per heavy atom. The van der Waals surface area contributed by atoms with Crippen molar-refractivity contribution in [3.05, 3.63) is 67.8 Å². The minimum atomic E-state index is -0.372. The molecule has 174 valence electrons. The fourth-order valence-electron chi connectivity index (χ4n) is 4.36. The molecule has 1 unspecified atom stereocenters. The van der Waals surface area contributed by atoms with Crippen molar-refractivity contribution in [3.63, 3.8) is 0 Å². The summed E-state index contributed by atoms with van der Waals surface area (Å²) in [5.41, 5.74) is 1.57. The standard InChI is InChI=1S/C25H23N3O4S2/c1-3-32-24(31)20-17-9-8-14(2)12-19(17)34-21(20)27-13-18-15-6-4-5-7-16(15)22(29)28(23(18)30)25-26-10-11-33-25/h4-7,10-11,13-14,30H,3,8-9,12H2,1-2H3/b27-13+. The molecule has 1 aliphatic carbocycles. The van der Waals surface area contributed by atoms with Crippen LogP contribution in [0.3, 0.4) is 0 Å². The van der Waals surface area contributed by atoms with E-state index >= 15 is 0 Å². The number of benzene rings is 1. The Morgan fingerprint density at radius 3 is 2.88 bits per heavy atom. The van der Waals surface area contributed by atoms with Crippen molar-refractivity contribution < 1.29 is 14.6 Å². The fraction of sp³-hybridized carbons (Fsp3) is 0.280.